The van der Waals surface area contributed by atoms with Crippen LogP contribution in [0.5, 0.6) is 0 Å². The highest BCUT2D eigenvalue weighted by atomic mass is 16.2. The van der Waals surface area contributed by atoms with Gasteiger partial charge in [0.15, 0.2) is 0 Å². The van der Waals surface area contributed by atoms with Gasteiger partial charge in [0.1, 0.15) is 0 Å². The van der Waals surface area contributed by atoms with E-state index in [1.54, 1.807) is 0 Å². The molecule has 1 amide bonds. The Morgan fingerprint density at radius 2 is 1.75 bits per heavy atom. The topological polar surface area (TPSA) is 49.6 Å². The molecule has 0 heterocycles. The minimum Gasteiger partial charge on any atom is -0.342 e. The van der Waals surface area contributed by atoms with Gasteiger partial charge in [0.2, 0.25) is 5.91 Å². The monoisotopic (exact) mass is 229 g/mol. The second kappa shape index (κ2) is 8.53. The molecule has 16 heavy (non-hydrogen) atoms. The van der Waals surface area contributed by atoms with E-state index in [1.807, 2.05) is 18.7 Å². The third kappa shape index (κ3) is 5.47. The summed E-state index contributed by atoms with van der Waals surface area (Å²) in [5.74, 6) is 0.667. The number of carbonyl (C=O) groups excluding carboxylic acids is 1. The Labute approximate surface area is 99.8 Å². The first-order chi connectivity index (χ1) is 7.58. The molecule has 0 rings (SSSR count). The maximum Gasteiger partial charge on any atom is 0.236 e. The molecule has 0 saturated heterocycles. The molecule has 0 saturated carbocycles. The second-order valence-corrected chi connectivity index (χ2v) is 4.23. The number of nitrogens with two attached hydrogens (primary N) is 1. The highest BCUT2D eigenvalue weighted by molar-refractivity contribution is 5.78. The maximum absolute atomic E-state index is 11.9. The molecule has 1 atom stereocenters. The molecule has 0 aliphatic rings. The first-order valence-electron chi connectivity index (χ1n) is 6.29. The van der Waals surface area contributed by atoms with Gasteiger partial charge in [-0.2, -0.15) is 0 Å². The summed E-state index contributed by atoms with van der Waals surface area (Å²) < 4.78 is 0. The van der Waals surface area contributed by atoms with Gasteiger partial charge in [-0.3, -0.25) is 9.69 Å². The van der Waals surface area contributed by atoms with Crippen LogP contribution >= 0.6 is 0 Å². The molecule has 0 aliphatic carbocycles. The van der Waals surface area contributed by atoms with E-state index >= 15 is 0 Å². The highest BCUT2D eigenvalue weighted by Crippen LogP contribution is 2.00. The van der Waals surface area contributed by atoms with Crippen molar-refractivity contribution in [3.8, 4) is 0 Å². The number of rotatable bonds is 8. The average molecular weight is 229 g/mol. The number of hydrogen-bond donors (Lipinski definition) is 1. The SMILES string of the molecule is CCN(CC(=O)N(CC)CC)CC(C)CN. The van der Waals surface area contributed by atoms with Crippen LogP contribution in [0.4, 0.5) is 0 Å². The zero-order chi connectivity index (χ0) is 12.6. The van der Waals surface area contributed by atoms with Crippen molar-refractivity contribution in [2.24, 2.45) is 11.7 Å². The van der Waals surface area contributed by atoms with Crippen LogP contribution in [0.1, 0.15) is 27.7 Å². The van der Waals surface area contributed by atoms with Crippen molar-refractivity contribution in [1.29, 1.82) is 0 Å². The quantitative estimate of drug-likeness (QED) is 0.669. The van der Waals surface area contributed by atoms with E-state index in [4.69, 9.17) is 5.73 Å². The molecule has 0 aliphatic heterocycles. The zero-order valence-corrected chi connectivity index (χ0v) is 11.2. The molecule has 0 aromatic carbocycles. The van der Waals surface area contributed by atoms with Gasteiger partial charge in [0.25, 0.3) is 0 Å². The van der Waals surface area contributed by atoms with Crippen LogP contribution in [0, 0.1) is 5.92 Å². The molecular weight excluding hydrogens is 202 g/mol. The van der Waals surface area contributed by atoms with Crippen LogP contribution < -0.4 is 5.73 Å². The smallest absolute Gasteiger partial charge is 0.236 e. The van der Waals surface area contributed by atoms with Crippen molar-refractivity contribution in [3.05, 3.63) is 0 Å². The lowest BCUT2D eigenvalue weighted by Crippen LogP contribution is -2.42. The molecular formula is C12H27N3O. The second-order valence-electron chi connectivity index (χ2n) is 4.23. The molecule has 0 aromatic rings. The first kappa shape index (κ1) is 15.4. The van der Waals surface area contributed by atoms with E-state index in [9.17, 15) is 4.79 Å². The number of nitrogens with zero attached hydrogens (tertiary/aromatic N) is 2. The van der Waals surface area contributed by atoms with Crippen molar-refractivity contribution in [1.82, 2.24) is 9.80 Å². The van der Waals surface area contributed by atoms with Gasteiger partial charge in [-0.15, -0.1) is 0 Å². The van der Waals surface area contributed by atoms with Gasteiger partial charge < -0.3 is 10.6 Å². The Hall–Kier alpha value is -0.610. The van der Waals surface area contributed by atoms with E-state index < -0.39 is 0 Å². The van der Waals surface area contributed by atoms with E-state index in [2.05, 4.69) is 18.7 Å². The van der Waals surface area contributed by atoms with E-state index in [0.717, 1.165) is 26.2 Å². The molecule has 96 valence electrons. The van der Waals surface area contributed by atoms with Gasteiger partial charge in [-0.05, 0) is 32.9 Å². The molecule has 1 unspecified atom stereocenters. The fraction of sp³-hybridized carbons (Fsp3) is 0.917. The minimum atomic E-state index is 0.219. The van der Waals surface area contributed by atoms with Gasteiger partial charge in [0, 0.05) is 19.6 Å². The van der Waals surface area contributed by atoms with Gasteiger partial charge in [0.05, 0.1) is 6.54 Å². The summed E-state index contributed by atoms with van der Waals surface area (Å²) in [6, 6.07) is 0. The van der Waals surface area contributed by atoms with Gasteiger partial charge in [-0.1, -0.05) is 13.8 Å². The average Bonchev–Trinajstić information content (AvgIpc) is 2.29. The molecule has 2 N–H and O–H groups in total. The van der Waals surface area contributed by atoms with Crippen molar-refractivity contribution < 1.29 is 4.79 Å². The van der Waals surface area contributed by atoms with Crippen molar-refractivity contribution in [2.45, 2.75) is 27.7 Å². The lowest BCUT2D eigenvalue weighted by molar-refractivity contribution is -0.132. The fourth-order valence-corrected chi connectivity index (χ4v) is 1.69. The van der Waals surface area contributed by atoms with Crippen LogP contribution in [0.25, 0.3) is 0 Å². The third-order valence-electron chi connectivity index (χ3n) is 2.89. The molecule has 4 nitrogen and oxygen atoms in total. The Bertz CT molecular complexity index is 193. The predicted molar refractivity (Wildman–Crippen MR) is 68.3 cm³/mol. The first-order valence-corrected chi connectivity index (χ1v) is 6.29. The third-order valence-corrected chi connectivity index (χ3v) is 2.89. The summed E-state index contributed by atoms with van der Waals surface area (Å²) in [5.41, 5.74) is 5.60. The fourth-order valence-electron chi connectivity index (χ4n) is 1.69. The van der Waals surface area contributed by atoms with Gasteiger partial charge >= 0.3 is 0 Å². The number of amides is 1. The summed E-state index contributed by atoms with van der Waals surface area (Å²) in [6.45, 7) is 12.8. The Morgan fingerprint density at radius 3 is 2.12 bits per heavy atom. The Balaban J connectivity index is 4.15. The lowest BCUT2D eigenvalue weighted by atomic mass is 10.1. The van der Waals surface area contributed by atoms with E-state index in [0.29, 0.717) is 19.0 Å². The lowest BCUT2D eigenvalue weighted by Gasteiger charge is -2.26. The van der Waals surface area contributed by atoms with Crippen LogP contribution in [-0.2, 0) is 4.79 Å². The summed E-state index contributed by atoms with van der Waals surface area (Å²) in [6.07, 6.45) is 0. The molecule has 0 bridgehead atoms. The highest BCUT2D eigenvalue weighted by Gasteiger charge is 2.15. The number of likely N-dealkylation sites (N-methyl/N-ethyl adjacent to an activating group) is 2. The van der Waals surface area contributed by atoms with Crippen LogP contribution in [0.15, 0.2) is 0 Å². The predicted octanol–water partition coefficient (Wildman–Crippen LogP) is 0.772. The molecule has 0 spiro atoms. The number of hydrogen-bond acceptors (Lipinski definition) is 3. The van der Waals surface area contributed by atoms with Gasteiger partial charge in [-0.25, -0.2) is 0 Å². The Kier molecular flexibility index (Phi) is 8.21. The summed E-state index contributed by atoms with van der Waals surface area (Å²) in [7, 11) is 0. The normalized spacial score (nSPS) is 12.9. The molecule has 0 aromatic heterocycles. The minimum absolute atomic E-state index is 0.219. The van der Waals surface area contributed by atoms with Crippen LogP contribution in [0.2, 0.25) is 0 Å². The van der Waals surface area contributed by atoms with E-state index in [-0.39, 0.29) is 5.91 Å². The zero-order valence-electron chi connectivity index (χ0n) is 11.2. The molecule has 0 fully saturated rings. The Morgan fingerprint density at radius 1 is 1.19 bits per heavy atom. The largest absolute Gasteiger partial charge is 0.342 e. The molecule has 0 radical (unpaired) electrons. The summed E-state index contributed by atoms with van der Waals surface area (Å²) in [4.78, 5) is 15.9. The van der Waals surface area contributed by atoms with E-state index in [1.165, 1.54) is 0 Å². The maximum atomic E-state index is 11.9. The van der Waals surface area contributed by atoms with Crippen LogP contribution in [0.3, 0.4) is 0 Å². The molecule has 4 heteroatoms. The van der Waals surface area contributed by atoms with Crippen LogP contribution in [-0.4, -0.2) is 55.0 Å². The number of carbonyl (C=O) groups is 1. The van der Waals surface area contributed by atoms with Crippen molar-refractivity contribution >= 4 is 5.91 Å². The van der Waals surface area contributed by atoms with Crippen molar-refractivity contribution in [3.63, 3.8) is 0 Å². The standard InChI is InChI=1S/C12H27N3O/c1-5-14(9-11(4)8-13)10-12(16)15(6-2)7-3/h11H,5-10,13H2,1-4H3. The van der Waals surface area contributed by atoms with Crippen molar-refractivity contribution in [2.75, 3.05) is 39.3 Å². The summed E-state index contributed by atoms with van der Waals surface area (Å²) >= 11 is 0. The summed E-state index contributed by atoms with van der Waals surface area (Å²) in [5, 5.41) is 0.